The smallest absolute Gasteiger partial charge is 0.255 e. The quantitative estimate of drug-likeness (QED) is 0.793. The molecule has 0 saturated carbocycles. The molecule has 2 nitrogen and oxygen atoms in total. The fourth-order valence-corrected chi connectivity index (χ4v) is 2.58. The molecule has 2 aromatic carbocycles. The number of carbonyl (C=O) groups is 1. The standard InChI is InChI=1S/C15H14INOS/c1-19-10-11-3-2-4-12(9-11)15(18)17-14-7-5-13(16)6-8-14/h2-9H,10H2,1H3,(H,17,18). The Kier molecular flexibility index (Phi) is 5.27. The van der Waals surface area contributed by atoms with Crippen molar-refractivity contribution in [1.29, 1.82) is 0 Å². The highest BCUT2D eigenvalue weighted by atomic mass is 127. The second-order valence-electron chi connectivity index (χ2n) is 4.09. The van der Waals surface area contributed by atoms with Crippen LogP contribution in [0.1, 0.15) is 15.9 Å². The summed E-state index contributed by atoms with van der Waals surface area (Å²) in [6, 6.07) is 15.5. The Morgan fingerprint density at radius 2 is 1.95 bits per heavy atom. The molecule has 0 aliphatic heterocycles. The molecule has 0 atom stereocenters. The maximum absolute atomic E-state index is 12.1. The zero-order chi connectivity index (χ0) is 13.7. The van der Waals surface area contributed by atoms with Crippen LogP contribution in [0.25, 0.3) is 0 Å². The van der Waals surface area contributed by atoms with E-state index in [9.17, 15) is 4.79 Å². The molecular formula is C15H14INOS. The van der Waals surface area contributed by atoms with E-state index < -0.39 is 0 Å². The summed E-state index contributed by atoms with van der Waals surface area (Å²) in [4.78, 5) is 12.1. The lowest BCUT2D eigenvalue weighted by Gasteiger charge is -2.06. The number of halogens is 1. The summed E-state index contributed by atoms with van der Waals surface area (Å²) in [5, 5.41) is 2.91. The predicted octanol–water partition coefficient (Wildman–Crippen LogP) is 4.41. The van der Waals surface area contributed by atoms with Gasteiger partial charge in [0, 0.05) is 20.6 Å². The van der Waals surface area contributed by atoms with Crippen molar-refractivity contribution in [3.8, 4) is 0 Å². The summed E-state index contributed by atoms with van der Waals surface area (Å²) in [6.07, 6.45) is 2.05. The van der Waals surface area contributed by atoms with Crippen molar-refractivity contribution in [2.45, 2.75) is 5.75 Å². The molecule has 0 bridgehead atoms. The van der Waals surface area contributed by atoms with Crippen molar-refractivity contribution in [1.82, 2.24) is 0 Å². The number of anilines is 1. The molecule has 2 rings (SSSR count). The SMILES string of the molecule is CSCc1cccc(C(=O)Nc2ccc(I)cc2)c1. The van der Waals surface area contributed by atoms with Crippen LogP contribution < -0.4 is 5.32 Å². The molecular weight excluding hydrogens is 369 g/mol. The third-order valence-corrected chi connectivity index (χ3v) is 3.94. The van der Waals surface area contributed by atoms with Crippen molar-refractivity contribution < 1.29 is 4.79 Å². The minimum atomic E-state index is -0.0656. The number of rotatable bonds is 4. The monoisotopic (exact) mass is 383 g/mol. The molecule has 0 saturated heterocycles. The third kappa shape index (κ3) is 4.24. The van der Waals surface area contributed by atoms with Crippen LogP contribution in [0.4, 0.5) is 5.69 Å². The van der Waals surface area contributed by atoms with Gasteiger partial charge < -0.3 is 5.32 Å². The molecule has 2 aromatic rings. The van der Waals surface area contributed by atoms with Crippen molar-refractivity contribution >= 4 is 45.9 Å². The highest BCUT2D eigenvalue weighted by Gasteiger charge is 2.06. The number of nitrogens with one attached hydrogen (secondary N) is 1. The molecule has 19 heavy (non-hydrogen) atoms. The maximum Gasteiger partial charge on any atom is 0.255 e. The minimum Gasteiger partial charge on any atom is -0.322 e. The highest BCUT2D eigenvalue weighted by molar-refractivity contribution is 14.1. The Bertz CT molecular complexity index is 569. The number of benzene rings is 2. The van der Waals surface area contributed by atoms with Gasteiger partial charge in [-0.05, 0) is 70.8 Å². The van der Waals surface area contributed by atoms with Crippen LogP contribution in [-0.2, 0) is 5.75 Å². The zero-order valence-corrected chi connectivity index (χ0v) is 13.5. The van der Waals surface area contributed by atoms with E-state index in [0.717, 1.165) is 15.0 Å². The summed E-state index contributed by atoms with van der Waals surface area (Å²) in [7, 11) is 0. The molecule has 0 radical (unpaired) electrons. The van der Waals surface area contributed by atoms with E-state index in [4.69, 9.17) is 0 Å². The van der Waals surface area contributed by atoms with Gasteiger partial charge in [-0.3, -0.25) is 4.79 Å². The van der Waals surface area contributed by atoms with Crippen molar-refractivity contribution in [2.75, 3.05) is 11.6 Å². The summed E-state index contributed by atoms with van der Waals surface area (Å²) in [6.45, 7) is 0. The fourth-order valence-electron chi connectivity index (χ4n) is 1.71. The van der Waals surface area contributed by atoms with E-state index in [2.05, 4.69) is 34.2 Å². The van der Waals surface area contributed by atoms with Crippen LogP contribution in [0.5, 0.6) is 0 Å². The topological polar surface area (TPSA) is 29.1 Å². The van der Waals surface area contributed by atoms with Gasteiger partial charge in [-0.25, -0.2) is 0 Å². The first-order valence-corrected chi connectivity index (χ1v) is 8.31. The number of carbonyl (C=O) groups excluding carboxylic acids is 1. The predicted molar refractivity (Wildman–Crippen MR) is 90.8 cm³/mol. The van der Waals surface area contributed by atoms with E-state index in [0.29, 0.717) is 5.56 Å². The van der Waals surface area contributed by atoms with E-state index in [1.807, 2.05) is 48.5 Å². The Labute approximate surface area is 131 Å². The number of hydrogen-bond donors (Lipinski definition) is 1. The maximum atomic E-state index is 12.1. The van der Waals surface area contributed by atoms with Crippen molar-refractivity contribution in [3.05, 3.63) is 63.2 Å². The lowest BCUT2D eigenvalue weighted by atomic mass is 10.1. The second kappa shape index (κ2) is 6.96. The number of thioether (sulfide) groups is 1. The first-order valence-electron chi connectivity index (χ1n) is 5.84. The van der Waals surface area contributed by atoms with Gasteiger partial charge in [0.1, 0.15) is 0 Å². The van der Waals surface area contributed by atoms with Crippen LogP contribution in [-0.4, -0.2) is 12.2 Å². The van der Waals surface area contributed by atoms with Crippen LogP contribution in [0, 0.1) is 3.57 Å². The van der Waals surface area contributed by atoms with Crippen molar-refractivity contribution in [3.63, 3.8) is 0 Å². The largest absolute Gasteiger partial charge is 0.322 e. The van der Waals surface area contributed by atoms with E-state index in [1.54, 1.807) is 11.8 Å². The average molecular weight is 383 g/mol. The number of amides is 1. The molecule has 0 aromatic heterocycles. The van der Waals surface area contributed by atoms with Crippen LogP contribution in [0.15, 0.2) is 48.5 Å². The molecule has 0 fully saturated rings. The van der Waals surface area contributed by atoms with Gasteiger partial charge in [0.2, 0.25) is 0 Å². The average Bonchev–Trinajstić information content (AvgIpc) is 2.42. The van der Waals surface area contributed by atoms with Crippen molar-refractivity contribution in [2.24, 2.45) is 0 Å². The highest BCUT2D eigenvalue weighted by Crippen LogP contribution is 2.15. The minimum absolute atomic E-state index is 0.0656. The van der Waals surface area contributed by atoms with Gasteiger partial charge in [0.05, 0.1) is 0 Å². The molecule has 98 valence electrons. The Balaban J connectivity index is 2.11. The van der Waals surface area contributed by atoms with Crippen LogP contribution in [0.3, 0.4) is 0 Å². The lowest BCUT2D eigenvalue weighted by Crippen LogP contribution is -2.12. The van der Waals surface area contributed by atoms with Gasteiger partial charge in [-0.1, -0.05) is 12.1 Å². The first kappa shape index (κ1) is 14.4. The Morgan fingerprint density at radius 1 is 1.21 bits per heavy atom. The number of hydrogen-bond acceptors (Lipinski definition) is 2. The molecule has 1 amide bonds. The van der Waals surface area contributed by atoms with E-state index in [1.165, 1.54) is 5.56 Å². The van der Waals surface area contributed by atoms with Gasteiger partial charge in [-0.2, -0.15) is 11.8 Å². The first-order chi connectivity index (χ1) is 9.19. The molecule has 0 aliphatic rings. The Morgan fingerprint density at radius 3 is 2.63 bits per heavy atom. The zero-order valence-electron chi connectivity index (χ0n) is 10.5. The summed E-state index contributed by atoms with van der Waals surface area (Å²) >= 11 is 3.99. The molecule has 1 N–H and O–H groups in total. The van der Waals surface area contributed by atoms with Crippen LogP contribution >= 0.6 is 34.4 Å². The van der Waals surface area contributed by atoms with Crippen LogP contribution in [0.2, 0.25) is 0 Å². The fraction of sp³-hybridized carbons (Fsp3) is 0.133. The lowest BCUT2D eigenvalue weighted by molar-refractivity contribution is 0.102. The van der Waals surface area contributed by atoms with Gasteiger partial charge in [0.25, 0.3) is 5.91 Å². The van der Waals surface area contributed by atoms with Gasteiger partial charge >= 0.3 is 0 Å². The molecule has 0 unspecified atom stereocenters. The van der Waals surface area contributed by atoms with Gasteiger partial charge in [-0.15, -0.1) is 0 Å². The van der Waals surface area contributed by atoms with Gasteiger partial charge in [0.15, 0.2) is 0 Å². The second-order valence-corrected chi connectivity index (χ2v) is 6.21. The van der Waals surface area contributed by atoms with E-state index >= 15 is 0 Å². The third-order valence-electron chi connectivity index (χ3n) is 2.60. The summed E-state index contributed by atoms with van der Waals surface area (Å²) in [5.41, 5.74) is 2.69. The molecule has 0 heterocycles. The summed E-state index contributed by atoms with van der Waals surface area (Å²) in [5.74, 6) is 0.856. The summed E-state index contributed by atoms with van der Waals surface area (Å²) < 4.78 is 1.15. The molecule has 4 heteroatoms. The van der Waals surface area contributed by atoms with E-state index in [-0.39, 0.29) is 5.91 Å². The molecule has 0 spiro atoms. The Hall–Kier alpha value is -1.01. The normalized spacial score (nSPS) is 10.2. The molecule has 0 aliphatic carbocycles.